The number of fused-ring (bicyclic) bond motifs is 1. The Morgan fingerprint density at radius 3 is 2.84 bits per heavy atom. The number of urea groups is 1. The molecule has 9 nitrogen and oxygen atoms in total. The number of anilines is 3. The Hall–Kier alpha value is -3.05. The number of carbonyl (C=O) groups excluding carboxylic acids is 1. The summed E-state index contributed by atoms with van der Waals surface area (Å²) >= 11 is 3.08. The minimum Gasteiger partial charge on any atom is -0.368 e. The summed E-state index contributed by atoms with van der Waals surface area (Å²) in [5.74, 6) is 1.53. The summed E-state index contributed by atoms with van der Waals surface area (Å²) in [7, 11) is 1.86. The first-order chi connectivity index (χ1) is 14.8. The molecule has 4 rings (SSSR count). The molecule has 0 aliphatic carbocycles. The van der Waals surface area contributed by atoms with Crippen LogP contribution in [0.5, 0.6) is 0 Å². The molecule has 0 aliphatic heterocycles. The molecule has 31 heavy (non-hydrogen) atoms. The Labute approximate surface area is 188 Å². The molecule has 0 aromatic carbocycles. The van der Waals surface area contributed by atoms with Gasteiger partial charge in [-0.3, -0.25) is 5.32 Å². The van der Waals surface area contributed by atoms with Gasteiger partial charge >= 0.3 is 11.8 Å². The van der Waals surface area contributed by atoms with Crippen molar-refractivity contribution in [2.75, 3.05) is 22.5 Å². The van der Waals surface area contributed by atoms with Gasteiger partial charge in [-0.2, -0.15) is 10.00 Å². The number of rotatable bonds is 6. The minimum atomic E-state index is -0.324. The first-order valence-electron chi connectivity index (χ1n) is 9.84. The molecule has 162 valence electrons. The molecular weight excluding hydrogens is 432 g/mol. The van der Waals surface area contributed by atoms with Crippen LogP contribution in [0.4, 0.5) is 21.6 Å². The Bertz CT molecular complexity index is 1200. The van der Waals surface area contributed by atoms with E-state index >= 15 is 0 Å². The highest BCUT2D eigenvalue weighted by atomic mass is 32.1. The molecule has 0 atom stereocenters. The topological polar surface area (TPSA) is 112 Å². The first-order valence-corrected chi connectivity index (χ1v) is 11.5. The van der Waals surface area contributed by atoms with Crippen molar-refractivity contribution in [1.29, 1.82) is 0 Å². The third-order valence-corrected chi connectivity index (χ3v) is 6.54. The van der Waals surface area contributed by atoms with E-state index in [1.807, 2.05) is 24.6 Å². The monoisotopic (exact) mass is 457 g/mol. The van der Waals surface area contributed by atoms with Crippen molar-refractivity contribution in [3.05, 3.63) is 40.6 Å². The van der Waals surface area contributed by atoms with Crippen molar-refractivity contribution in [3.8, 4) is 0 Å². The summed E-state index contributed by atoms with van der Waals surface area (Å²) in [6, 6.07) is 3.60. The van der Waals surface area contributed by atoms with Crippen molar-refractivity contribution >= 4 is 55.7 Å². The van der Waals surface area contributed by atoms with Crippen LogP contribution in [0.3, 0.4) is 0 Å². The highest BCUT2D eigenvalue weighted by Gasteiger charge is 2.23. The molecule has 4 N–H and O–H groups in total. The average molecular weight is 458 g/mol. The first kappa shape index (κ1) is 21.2. The summed E-state index contributed by atoms with van der Waals surface area (Å²) in [6.07, 6.45) is 4.13. The van der Waals surface area contributed by atoms with Gasteiger partial charge in [0, 0.05) is 29.5 Å². The number of hydrogen-bond acceptors (Lipinski definition) is 7. The van der Waals surface area contributed by atoms with Gasteiger partial charge in [-0.05, 0) is 11.4 Å². The number of nitrogens with zero attached hydrogens (tertiary/aromatic N) is 4. The summed E-state index contributed by atoms with van der Waals surface area (Å²) < 4.78 is 2.84. The Kier molecular flexibility index (Phi) is 5.88. The van der Waals surface area contributed by atoms with Gasteiger partial charge in [0.05, 0.1) is 22.0 Å². The molecular formula is C20H25N8OS2+. The van der Waals surface area contributed by atoms with Gasteiger partial charge in [0.15, 0.2) is 5.13 Å². The lowest BCUT2D eigenvalue weighted by Gasteiger charge is -2.13. The molecule has 0 unspecified atom stereocenters. The normalized spacial score (nSPS) is 11.6. The Balaban J connectivity index is 1.30. The summed E-state index contributed by atoms with van der Waals surface area (Å²) in [4.78, 5) is 26.3. The lowest BCUT2D eigenvalue weighted by atomic mass is 9.92. The van der Waals surface area contributed by atoms with Crippen LogP contribution in [0.25, 0.3) is 10.2 Å². The maximum atomic E-state index is 12.4. The molecule has 0 saturated heterocycles. The fraction of sp³-hybridized carbons (Fsp3) is 0.350. The number of amides is 2. The second kappa shape index (κ2) is 8.60. The third-order valence-electron chi connectivity index (χ3n) is 4.66. The van der Waals surface area contributed by atoms with Crippen LogP contribution in [0, 0.1) is 0 Å². The second-order valence-electron chi connectivity index (χ2n) is 8.11. The van der Waals surface area contributed by atoms with Crippen molar-refractivity contribution < 1.29 is 9.48 Å². The van der Waals surface area contributed by atoms with E-state index in [1.165, 1.54) is 11.3 Å². The maximum Gasteiger partial charge on any atom is 0.412 e. The number of H-pyrrole nitrogens is 1. The SMILES string of the molecule is C[n+]1[nH]c(C(C)(C)C)cc1NC(=O)Nc1ncc(CCNc2ncnc3ccsc23)s1. The number of hydrogen-bond donors (Lipinski definition) is 4. The number of thiophene rings is 1. The van der Waals surface area contributed by atoms with Crippen molar-refractivity contribution in [1.82, 2.24) is 20.1 Å². The average Bonchev–Trinajstić information content (AvgIpc) is 3.42. The van der Waals surface area contributed by atoms with Crippen LogP contribution < -0.4 is 20.6 Å². The van der Waals surface area contributed by atoms with Crippen LogP contribution in [-0.2, 0) is 18.9 Å². The maximum absolute atomic E-state index is 12.4. The van der Waals surface area contributed by atoms with Gasteiger partial charge in [-0.1, -0.05) is 20.8 Å². The van der Waals surface area contributed by atoms with Gasteiger partial charge in [-0.15, -0.1) is 22.7 Å². The molecule has 0 spiro atoms. The van der Waals surface area contributed by atoms with Crippen molar-refractivity contribution in [2.24, 2.45) is 7.05 Å². The predicted octanol–water partition coefficient (Wildman–Crippen LogP) is 3.90. The van der Waals surface area contributed by atoms with Gasteiger partial charge in [0.2, 0.25) is 0 Å². The van der Waals surface area contributed by atoms with E-state index in [0.717, 1.165) is 33.0 Å². The summed E-state index contributed by atoms with van der Waals surface area (Å²) in [6.45, 7) is 7.06. The lowest BCUT2D eigenvalue weighted by molar-refractivity contribution is -0.713. The van der Waals surface area contributed by atoms with E-state index in [1.54, 1.807) is 28.5 Å². The number of carbonyl (C=O) groups is 1. The predicted molar refractivity (Wildman–Crippen MR) is 125 cm³/mol. The number of thiazole rings is 1. The number of aromatic nitrogens is 5. The Morgan fingerprint density at radius 1 is 1.23 bits per heavy atom. The molecule has 2 amide bonds. The quantitative estimate of drug-likeness (QED) is 0.328. The van der Waals surface area contributed by atoms with E-state index in [2.05, 4.69) is 56.8 Å². The van der Waals surface area contributed by atoms with Crippen LogP contribution in [-0.4, -0.2) is 32.6 Å². The smallest absolute Gasteiger partial charge is 0.368 e. The van der Waals surface area contributed by atoms with E-state index in [9.17, 15) is 4.79 Å². The van der Waals surface area contributed by atoms with E-state index in [0.29, 0.717) is 17.5 Å². The number of aryl methyl sites for hydroxylation is 1. The zero-order valence-corrected chi connectivity index (χ0v) is 19.4. The van der Waals surface area contributed by atoms with Gasteiger partial charge < -0.3 is 5.32 Å². The zero-order valence-electron chi connectivity index (χ0n) is 17.8. The molecule has 0 aliphatic rings. The Morgan fingerprint density at radius 2 is 2.06 bits per heavy atom. The van der Waals surface area contributed by atoms with Crippen molar-refractivity contribution in [2.45, 2.75) is 32.6 Å². The van der Waals surface area contributed by atoms with E-state index in [-0.39, 0.29) is 11.4 Å². The largest absolute Gasteiger partial charge is 0.412 e. The zero-order chi connectivity index (χ0) is 22.0. The highest BCUT2D eigenvalue weighted by Crippen LogP contribution is 2.25. The molecule has 0 bridgehead atoms. The van der Waals surface area contributed by atoms with Crippen molar-refractivity contribution in [3.63, 3.8) is 0 Å². The van der Waals surface area contributed by atoms with Crippen LogP contribution >= 0.6 is 22.7 Å². The molecule has 0 radical (unpaired) electrons. The molecule has 0 saturated carbocycles. The molecule has 4 aromatic heterocycles. The van der Waals surface area contributed by atoms with E-state index in [4.69, 9.17) is 0 Å². The fourth-order valence-electron chi connectivity index (χ4n) is 2.96. The van der Waals surface area contributed by atoms with Gasteiger partial charge in [0.25, 0.3) is 0 Å². The number of aromatic amines is 1. The molecule has 4 aromatic rings. The molecule has 11 heteroatoms. The number of nitrogens with one attached hydrogen (secondary N) is 4. The second-order valence-corrected chi connectivity index (χ2v) is 10.1. The third kappa shape index (κ3) is 5.00. The molecule has 0 fully saturated rings. The summed E-state index contributed by atoms with van der Waals surface area (Å²) in [5, 5.41) is 14.8. The van der Waals surface area contributed by atoms with Gasteiger partial charge in [0.1, 0.15) is 19.2 Å². The molecule has 4 heterocycles. The standard InChI is InChI=1S/C20H24N8OS2/c1-20(2,3)14-9-15(28(4)27-14)25-18(29)26-19-22-10-12(31-19)5-7-21-17-16-13(6-8-30-16)23-11-24-17/h6,8-11H,5,7H2,1-4H3,(H3,21,22,23,24,25,26,27,29)/p+1. The van der Waals surface area contributed by atoms with Gasteiger partial charge in [-0.25, -0.2) is 24.8 Å². The lowest BCUT2D eigenvalue weighted by Crippen LogP contribution is -2.36. The summed E-state index contributed by atoms with van der Waals surface area (Å²) in [5.41, 5.74) is 1.95. The fourth-order valence-corrected chi connectivity index (χ4v) is 4.57. The van der Waals surface area contributed by atoms with E-state index < -0.39 is 0 Å². The van der Waals surface area contributed by atoms with Crippen LogP contribution in [0.2, 0.25) is 0 Å². The minimum absolute atomic E-state index is 0.0343. The van der Waals surface area contributed by atoms with Crippen LogP contribution in [0.15, 0.2) is 30.0 Å². The van der Waals surface area contributed by atoms with Crippen LogP contribution in [0.1, 0.15) is 31.3 Å². The highest BCUT2D eigenvalue weighted by molar-refractivity contribution is 7.17.